The molecule has 0 aliphatic heterocycles. The molecule has 1 aliphatic carbocycles. The first-order valence-electron chi connectivity index (χ1n) is 10.6. The smallest absolute Gasteiger partial charge is 0.247 e. The Labute approximate surface area is 200 Å². The van der Waals surface area contributed by atoms with Gasteiger partial charge in [-0.2, -0.15) is 0 Å². The predicted molar refractivity (Wildman–Crippen MR) is 125 cm³/mol. The molecule has 1 fully saturated rings. The minimum Gasteiger partial charge on any atom is -0.497 e. The second-order valence-electron chi connectivity index (χ2n) is 7.65. The van der Waals surface area contributed by atoms with Gasteiger partial charge in [0.1, 0.15) is 18.1 Å². The molecule has 0 radical (unpaired) electrons. The molecule has 2 heterocycles. The lowest BCUT2D eigenvalue weighted by atomic mass is 10.2. The Balaban J connectivity index is 1.30. The number of thioether (sulfide) groups is 1. The fourth-order valence-electron chi connectivity index (χ4n) is 3.35. The lowest BCUT2D eigenvalue weighted by Gasteiger charge is -2.12. The number of benzene rings is 2. The van der Waals surface area contributed by atoms with Gasteiger partial charge >= 0.3 is 0 Å². The van der Waals surface area contributed by atoms with Crippen LogP contribution in [0.2, 0.25) is 5.02 Å². The van der Waals surface area contributed by atoms with Crippen molar-refractivity contribution >= 4 is 23.4 Å². The third kappa shape index (κ3) is 4.84. The number of para-hydroxylation sites is 1. The molecule has 1 atom stereocenters. The molecule has 0 bridgehead atoms. The maximum Gasteiger partial charge on any atom is 0.247 e. The molecule has 10 heteroatoms. The Morgan fingerprint density at radius 3 is 2.61 bits per heavy atom. The fourth-order valence-corrected chi connectivity index (χ4v) is 4.51. The Kier molecular flexibility index (Phi) is 6.24. The number of hydrogen-bond acceptors (Lipinski definition) is 8. The predicted octanol–water partition coefficient (Wildman–Crippen LogP) is 5.76. The molecule has 170 valence electrons. The van der Waals surface area contributed by atoms with Crippen LogP contribution in [0.3, 0.4) is 0 Å². The third-order valence-corrected chi connectivity index (χ3v) is 6.60. The third-order valence-electron chi connectivity index (χ3n) is 5.25. The van der Waals surface area contributed by atoms with Gasteiger partial charge < -0.3 is 13.9 Å². The van der Waals surface area contributed by atoms with Gasteiger partial charge in [0, 0.05) is 11.6 Å². The van der Waals surface area contributed by atoms with Gasteiger partial charge in [-0.3, -0.25) is 4.57 Å². The summed E-state index contributed by atoms with van der Waals surface area (Å²) in [5, 5.41) is 18.5. The van der Waals surface area contributed by atoms with Crippen molar-refractivity contribution in [2.24, 2.45) is 0 Å². The zero-order valence-corrected chi connectivity index (χ0v) is 19.7. The number of nitrogens with zero attached hydrogens (tertiary/aromatic N) is 5. The Bertz CT molecular complexity index is 1240. The molecule has 0 spiro atoms. The Hall–Kier alpha value is -3.04. The first-order valence-corrected chi connectivity index (χ1v) is 11.8. The minimum absolute atomic E-state index is 0.0939. The first-order chi connectivity index (χ1) is 16.1. The van der Waals surface area contributed by atoms with Crippen molar-refractivity contribution < 1.29 is 13.9 Å². The van der Waals surface area contributed by atoms with Crippen LogP contribution < -0.4 is 9.47 Å². The van der Waals surface area contributed by atoms with E-state index >= 15 is 0 Å². The van der Waals surface area contributed by atoms with Crippen LogP contribution in [0, 0.1) is 0 Å². The highest BCUT2D eigenvalue weighted by Crippen LogP contribution is 2.42. The topological polar surface area (TPSA) is 88.1 Å². The molecule has 0 N–H and O–H groups in total. The largest absolute Gasteiger partial charge is 0.497 e. The molecule has 2 aromatic carbocycles. The standard InChI is InChI=1S/C23H22ClN5O3S/c1-14(21-26-27-22(32-21)15-7-11-17(30-2)12-8-15)33-23-28-25-20(29(23)16-9-10-16)13-31-19-6-4-3-5-18(19)24/h3-8,11-12,14,16H,9-10,13H2,1-2H3. The molecule has 2 aromatic heterocycles. The van der Waals surface area contributed by atoms with E-state index in [0.29, 0.717) is 35.2 Å². The van der Waals surface area contributed by atoms with E-state index in [2.05, 4.69) is 25.0 Å². The van der Waals surface area contributed by atoms with Crippen molar-refractivity contribution in [2.75, 3.05) is 7.11 Å². The maximum absolute atomic E-state index is 6.21. The average molecular weight is 484 g/mol. The first kappa shape index (κ1) is 21.8. The number of methoxy groups -OCH3 is 1. The number of hydrogen-bond donors (Lipinski definition) is 0. The SMILES string of the molecule is COc1ccc(-c2nnc(C(C)Sc3nnc(COc4ccccc4Cl)n3C3CC3)o2)cc1. The van der Waals surface area contributed by atoms with Gasteiger partial charge in [0.05, 0.1) is 17.4 Å². The van der Waals surface area contributed by atoms with Gasteiger partial charge in [-0.1, -0.05) is 35.5 Å². The molecule has 0 saturated heterocycles. The van der Waals surface area contributed by atoms with E-state index in [4.69, 9.17) is 25.5 Å². The van der Waals surface area contributed by atoms with Crippen LogP contribution in [-0.2, 0) is 6.61 Å². The quantitative estimate of drug-likeness (QED) is 0.278. The highest BCUT2D eigenvalue weighted by atomic mass is 35.5. The zero-order chi connectivity index (χ0) is 22.8. The molecule has 8 nitrogen and oxygen atoms in total. The van der Waals surface area contributed by atoms with Crippen LogP contribution in [-0.4, -0.2) is 32.1 Å². The van der Waals surface area contributed by atoms with Crippen LogP contribution in [0.15, 0.2) is 58.1 Å². The Morgan fingerprint density at radius 1 is 1.09 bits per heavy atom. The van der Waals surface area contributed by atoms with Crippen LogP contribution in [0.1, 0.15) is 42.8 Å². The molecule has 5 rings (SSSR count). The maximum atomic E-state index is 6.21. The van der Waals surface area contributed by atoms with Crippen molar-refractivity contribution in [3.05, 3.63) is 65.3 Å². The molecule has 1 unspecified atom stereocenters. The van der Waals surface area contributed by atoms with Gasteiger partial charge in [0.15, 0.2) is 11.0 Å². The molecular formula is C23H22ClN5O3S. The van der Waals surface area contributed by atoms with E-state index in [0.717, 1.165) is 35.1 Å². The van der Waals surface area contributed by atoms with Crippen molar-refractivity contribution in [2.45, 2.75) is 42.8 Å². The summed E-state index contributed by atoms with van der Waals surface area (Å²) in [6, 6.07) is 15.3. The summed E-state index contributed by atoms with van der Waals surface area (Å²) in [4.78, 5) is 0. The molecule has 4 aromatic rings. The molecule has 0 amide bonds. The highest BCUT2D eigenvalue weighted by molar-refractivity contribution is 7.99. The van der Waals surface area contributed by atoms with E-state index < -0.39 is 0 Å². The average Bonchev–Trinajstić information content (AvgIpc) is 3.40. The summed E-state index contributed by atoms with van der Waals surface area (Å²) in [6.07, 6.45) is 2.20. The number of ether oxygens (including phenoxy) is 2. The van der Waals surface area contributed by atoms with E-state index in [9.17, 15) is 0 Å². The molecule has 1 aliphatic rings. The second kappa shape index (κ2) is 9.44. The fraction of sp³-hybridized carbons (Fsp3) is 0.304. The van der Waals surface area contributed by atoms with E-state index in [1.807, 2.05) is 49.4 Å². The summed E-state index contributed by atoms with van der Waals surface area (Å²) in [6.45, 7) is 2.31. The summed E-state index contributed by atoms with van der Waals surface area (Å²) in [5.41, 5.74) is 0.840. The van der Waals surface area contributed by atoms with Crippen LogP contribution in [0.4, 0.5) is 0 Å². The lowest BCUT2D eigenvalue weighted by molar-refractivity contribution is 0.288. The van der Waals surface area contributed by atoms with Crippen LogP contribution in [0.5, 0.6) is 11.5 Å². The highest BCUT2D eigenvalue weighted by Gasteiger charge is 2.31. The number of rotatable bonds is 9. The van der Waals surface area contributed by atoms with Crippen molar-refractivity contribution in [3.8, 4) is 23.0 Å². The van der Waals surface area contributed by atoms with E-state index in [1.54, 1.807) is 24.9 Å². The van der Waals surface area contributed by atoms with Gasteiger partial charge in [0.2, 0.25) is 11.8 Å². The van der Waals surface area contributed by atoms with E-state index in [1.165, 1.54) is 0 Å². The molecular weight excluding hydrogens is 462 g/mol. The summed E-state index contributed by atoms with van der Waals surface area (Å²) in [7, 11) is 1.63. The van der Waals surface area contributed by atoms with Gasteiger partial charge in [-0.25, -0.2) is 0 Å². The lowest BCUT2D eigenvalue weighted by Crippen LogP contribution is -2.07. The minimum atomic E-state index is -0.0939. The monoisotopic (exact) mass is 483 g/mol. The second-order valence-corrected chi connectivity index (χ2v) is 9.37. The van der Waals surface area contributed by atoms with Crippen LogP contribution >= 0.6 is 23.4 Å². The van der Waals surface area contributed by atoms with Gasteiger partial charge in [-0.15, -0.1) is 20.4 Å². The normalized spacial score (nSPS) is 14.3. The van der Waals surface area contributed by atoms with E-state index in [-0.39, 0.29) is 5.25 Å². The number of halogens is 1. The van der Waals surface area contributed by atoms with Crippen molar-refractivity contribution in [1.82, 2.24) is 25.0 Å². The van der Waals surface area contributed by atoms with Crippen LogP contribution in [0.25, 0.3) is 11.5 Å². The molecule has 33 heavy (non-hydrogen) atoms. The summed E-state index contributed by atoms with van der Waals surface area (Å²) < 4.78 is 19.2. The Morgan fingerprint density at radius 2 is 1.88 bits per heavy atom. The summed E-state index contributed by atoms with van der Waals surface area (Å²) >= 11 is 7.75. The zero-order valence-electron chi connectivity index (χ0n) is 18.1. The van der Waals surface area contributed by atoms with Crippen molar-refractivity contribution in [3.63, 3.8) is 0 Å². The molecule has 1 saturated carbocycles. The number of aromatic nitrogens is 5. The van der Waals surface area contributed by atoms with Crippen molar-refractivity contribution in [1.29, 1.82) is 0 Å². The van der Waals surface area contributed by atoms with Gasteiger partial charge in [0.25, 0.3) is 0 Å². The summed E-state index contributed by atoms with van der Waals surface area (Å²) in [5.74, 6) is 3.18. The van der Waals surface area contributed by atoms with Gasteiger partial charge in [-0.05, 0) is 56.2 Å².